The highest BCUT2D eigenvalue weighted by Gasteiger charge is 2.07. The topological polar surface area (TPSA) is 52.6 Å². The largest absolute Gasteiger partial charge is 0.465 e. The number of esters is 2. The summed E-state index contributed by atoms with van der Waals surface area (Å²) in [5, 5.41) is 0. The van der Waals surface area contributed by atoms with Crippen LogP contribution in [0.1, 0.15) is 35.3 Å². The monoisotopic (exact) mass is 276 g/mol. The Labute approximate surface area is 119 Å². The third-order valence-corrected chi connectivity index (χ3v) is 2.66. The SMILES string of the molecule is COC(=O)c1ccc(C)c(/C=C/C(=O)OCC(C)C)c1. The smallest absolute Gasteiger partial charge is 0.337 e. The number of aryl methyl sites for hydroxylation is 1. The quantitative estimate of drug-likeness (QED) is 0.613. The van der Waals surface area contributed by atoms with Crippen LogP contribution in [0.15, 0.2) is 24.3 Å². The fourth-order valence-electron chi connectivity index (χ4n) is 1.52. The molecule has 0 unspecified atom stereocenters. The number of methoxy groups -OCH3 is 1. The van der Waals surface area contributed by atoms with Crippen LogP contribution < -0.4 is 0 Å². The summed E-state index contributed by atoms with van der Waals surface area (Å²) >= 11 is 0. The fourth-order valence-corrected chi connectivity index (χ4v) is 1.52. The summed E-state index contributed by atoms with van der Waals surface area (Å²) in [5.41, 5.74) is 2.20. The maximum absolute atomic E-state index is 11.5. The van der Waals surface area contributed by atoms with Gasteiger partial charge in [0.2, 0.25) is 0 Å². The molecule has 0 aliphatic rings. The Bertz CT molecular complexity index is 515. The van der Waals surface area contributed by atoms with E-state index in [9.17, 15) is 9.59 Å². The van der Waals surface area contributed by atoms with E-state index in [4.69, 9.17) is 4.74 Å². The predicted octanol–water partition coefficient (Wildman–Crippen LogP) is 2.99. The Morgan fingerprint density at radius 1 is 1.30 bits per heavy atom. The predicted molar refractivity (Wildman–Crippen MR) is 77.3 cm³/mol. The first kappa shape index (κ1) is 16.0. The molecule has 1 aromatic carbocycles. The maximum atomic E-state index is 11.5. The molecule has 0 bridgehead atoms. The summed E-state index contributed by atoms with van der Waals surface area (Å²) in [4.78, 5) is 23.0. The third kappa shape index (κ3) is 4.88. The molecule has 0 fully saturated rings. The van der Waals surface area contributed by atoms with E-state index in [1.54, 1.807) is 18.2 Å². The molecule has 20 heavy (non-hydrogen) atoms. The number of rotatable bonds is 5. The van der Waals surface area contributed by atoms with Gasteiger partial charge in [0.1, 0.15) is 0 Å². The van der Waals surface area contributed by atoms with Gasteiger partial charge in [0, 0.05) is 6.08 Å². The Morgan fingerprint density at radius 2 is 2.00 bits per heavy atom. The van der Waals surface area contributed by atoms with E-state index in [1.165, 1.54) is 13.2 Å². The van der Waals surface area contributed by atoms with Gasteiger partial charge in [0.15, 0.2) is 0 Å². The van der Waals surface area contributed by atoms with Crippen LogP contribution in [-0.4, -0.2) is 25.7 Å². The van der Waals surface area contributed by atoms with Crippen molar-refractivity contribution in [3.8, 4) is 0 Å². The van der Waals surface area contributed by atoms with Gasteiger partial charge in [-0.3, -0.25) is 0 Å². The van der Waals surface area contributed by atoms with Gasteiger partial charge in [-0.05, 0) is 42.2 Å². The molecule has 0 saturated carbocycles. The standard InChI is InChI=1S/C16H20O4/c1-11(2)10-20-15(17)8-7-13-9-14(16(18)19-4)6-5-12(13)3/h5-9,11H,10H2,1-4H3/b8-7+. The van der Waals surface area contributed by atoms with E-state index >= 15 is 0 Å². The van der Waals surface area contributed by atoms with Crippen LogP contribution in [0.3, 0.4) is 0 Å². The molecule has 0 atom stereocenters. The average molecular weight is 276 g/mol. The second kappa shape index (κ2) is 7.48. The minimum absolute atomic E-state index is 0.303. The van der Waals surface area contributed by atoms with Crippen molar-refractivity contribution in [2.45, 2.75) is 20.8 Å². The maximum Gasteiger partial charge on any atom is 0.337 e. The summed E-state index contributed by atoms with van der Waals surface area (Å²) in [7, 11) is 1.33. The summed E-state index contributed by atoms with van der Waals surface area (Å²) in [6, 6.07) is 5.19. The molecule has 0 aromatic heterocycles. The van der Waals surface area contributed by atoms with Gasteiger partial charge in [0.25, 0.3) is 0 Å². The van der Waals surface area contributed by atoms with Gasteiger partial charge >= 0.3 is 11.9 Å². The van der Waals surface area contributed by atoms with Crippen molar-refractivity contribution < 1.29 is 19.1 Å². The Kier molecular flexibility index (Phi) is 5.97. The number of hydrogen-bond acceptors (Lipinski definition) is 4. The van der Waals surface area contributed by atoms with Crippen LogP contribution in [-0.2, 0) is 14.3 Å². The van der Waals surface area contributed by atoms with E-state index < -0.39 is 5.97 Å². The minimum atomic E-state index is -0.401. The number of carbonyl (C=O) groups excluding carboxylic acids is 2. The van der Waals surface area contributed by atoms with Gasteiger partial charge < -0.3 is 9.47 Å². The molecule has 4 heteroatoms. The Hall–Kier alpha value is -2.10. The van der Waals surface area contributed by atoms with Crippen molar-refractivity contribution >= 4 is 18.0 Å². The third-order valence-electron chi connectivity index (χ3n) is 2.66. The molecule has 1 aromatic rings. The molecule has 4 nitrogen and oxygen atoms in total. The lowest BCUT2D eigenvalue weighted by Crippen LogP contribution is -2.07. The summed E-state index contributed by atoms with van der Waals surface area (Å²) in [6.07, 6.45) is 3.01. The second-order valence-corrected chi connectivity index (χ2v) is 4.92. The van der Waals surface area contributed by atoms with Crippen molar-refractivity contribution in [2.75, 3.05) is 13.7 Å². The van der Waals surface area contributed by atoms with E-state index in [2.05, 4.69) is 4.74 Å². The van der Waals surface area contributed by atoms with E-state index in [-0.39, 0.29) is 5.97 Å². The number of ether oxygens (including phenoxy) is 2. The van der Waals surface area contributed by atoms with Crippen LogP contribution in [0, 0.1) is 12.8 Å². The van der Waals surface area contributed by atoms with Crippen LogP contribution >= 0.6 is 0 Å². The van der Waals surface area contributed by atoms with Crippen molar-refractivity contribution in [3.05, 3.63) is 41.0 Å². The van der Waals surface area contributed by atoms with Gasteiger partial charge in [-0.1, -0.05) is 19.9 Å². The van der Waals surface area contributed by atoms with Crippen molar-refractivity contribution in [3.63, 3.8) is 0 Å². The molecule has 0 amide bonds. The van der Waals surface area contributed by atoms with E-state index in [1.807, 2.05) is 26.8 Å². The highest BCUT2D eigenvalue weighted by molar-refractivity contribution is 5.91. The molecular weight excluding hydrogens is 256 g/mol. The van der Waals surface area contributed by atoms with E-state index in [0.29, 0.717) is 18.1 Å². The molecule has 0 spiro atoms. The summed E-state index contributed by atoms with van der Waals surface area (Å²) in [5.74, 6) is -0.486. The Balaban J connectivity index is 2.80. The van der Waals surface area contributed by atoms with Crippen LogP contribution in [0.4, 0.5) is 0 Å². The number of carbonyl (C=O) groups is 2. The molecule has 108 valence electrons. The molecule has 0 N–H and O–H groups in total. The molecule has 0 saturated heterocycles. The lowest BCUT2D eigenvalue weighted by Gasteiger charge is -2.05. The van der Waals surface area contributed by atoms with Crippen molar-refractivity contribution in [1.82, 2.24) is 0 Å². The normalized spacial score (nSPS) is 10.8. The molecule has 1 rings (SSSR count). The van der Waals surface area contributed by atoms with Crippen molar-refractivity contribution in [2.24, 2.45) is 5.92 Å². The van der Waals surface area contributed by atoms with Crippen LogP contribution in [0.25, 0.3) is 6.08 Å². The lowest BCUT2D eigenvalue weighted by atomic mass is 10.0. The zero-order valence-electron chi connectivity index (χ0n) is 12.3. The first-order chi connectivity index (χ1) is 9.43. The van der Waals surface area contributed by atoms with Crippen LogP contribution in [0.2, 0.25) is 0 Å². The molecular formula is C16H20O4. The molecule has 0 aliphatic carbocycles. The minimum Gasteiger partial charge on any atom is -0.465 e. The Morgan fingerprint density at radius 3 is 2.60 bits per heavy atom. The zero-order valence-corrected chi connectivity index (χ0v) is 12.3. The van der Waals surface area contributed by atoms with Gasteiger partial charge in [-0.15, -0.1) is 0 Å². The number of benzene rings is 1. The zero-order chi connectivity index (χ0) is 15.1. The molecule has 0 heterocycles. The average Bonchev–Trinajstić information content (AvgIpc) is 2.43. The van der Waals surface area contributed by atoms with E-state index in [0.717, 1.165) is 11.1 Å². The fraction of sp³-hybridized carbons (Fsp3) is 0.375. The number of hydrogen-bond donors (Lipinski definition) is 0. The summed E-state index contributed by atoms with van der Waals surface area (Å²) < 4.78 is 9.71. The highest BCUT2D eigenvalue weighted by atomic mass is 16.5. The van der Waals surface area contributed by atoms with Crippen molar-refractivity contribution in [1.29, 1.82) is 0 Å². The summed E-state index contributed by atoms with van der Waals surface area (Å²) in [6.45, 7) is 6.24. The molecule has 0 aliphatic heterocycles. The second-order valence-electron chi connectivity index (χ2n) is 4.92. The van der Waals surface area contributed by atoms with Crippen LogP contribution in [0.5, 0.6) is 0 Å². The highest BCUT2D eigenvalue weighted by Crippen LogP contribution is 2.14. The van der Waals surface area contributed by atoms with Gasteiger partial charge in [-0.25, -0.2) is 9.59 Å². The first-order valence-corrected chi connectivity index (χ1v) is 6.48. The lowest BCUT2D eigenvalue weighted by molar-refractivity contribution is -0.138. The first-order valence-electron chi connectivity index (χ1n) is 6.48. The molecule has 0 radical (unpaired) electrons. The van der Waals surface area contributed by atoms with Gasteiger partial charge in [-0.2, -0.15) is 0 Å². The van der Waals surface area contributed by atoms with Gasteiger partial charge in [0.05, 0.1) is 19.3 Å².